The second-order valence-corrected chi connectivity index (χ2v) is 9.13. The van der Waals surface area contributed by atoms with Gasteiger partial charge in [-0.2, -0.15) is 5.10 Å². The van der Waals surface area contributed by atoms with Crippen LogP contribution in [0.5, 0.6) is 11.5 Å². The first kappa shape index (κ1) is 20.3. The van der Waals surface area contributed by atoms with Gasteiger partial charge < -0.3 is 14.8 Å². The lowest BCUT2D eigenvalue weighted by Gasteiger charge is -2.26. The minimum Gasteiger partial charge on any atom is -0.486 e. The maximum atomic E-state index is 12.4. The SMILES string of the molecule is CC(C)Sc1ccc(CC(=O)Nc2cnn(C[C@@H]3COc4ccccc4O3)c2)cc1. The van der Waals surface area contributed by atoms with E-state index < -0.39 is 0 Å². The van der Waals surface area contributed by atoms with Gasteiger partial charge in [-0.15, -0.1) is 11.8 Å². The maximum absolute atomic E-state index is 12.4. The van der Waals surface area contributed by atoms with E-state index in [9.17, 15) is 4.79 Å². The summed E-state index contributed by atoms with van der Waals surface area (Å²) in [6.45, 7) is 5.33. The molecule has 0 saturated heterocycles. The number of para-hydroxylation sites is 2. The molecule has 156 valence electrons. The van der Waals surface area contributed by atoms with E-state index in [1.165, 1.54) is 4.90 Å². The average Bonchev–Trinajstić information content (AvgIpc) is 3.15. The Kier molecular flexibility index (Phi) is 6.28. The van der Waals surface area contributed by atoms with Crippen molar-refractivity contribution in [1.29, 1.82) is 0 Å². The first-order valence-electron chi connectivity index (χ1n) is 10.0. The molecular formula is C23H25N3O3S. The first-order chi connectivity index (χ1) is 14.5. The Morgan fingerprint density at radius 2 is 1.97 bits per heavy atom. The second-order valence-electron chi connectivity index (χ2n) is 7.48. The molecule has 6 nitrogen and oxygen atoms in total. The number of benzene rings is 2. The molecule has 30 heavy (non-hydrogen) atoms. The van der Waals surface area contributed by atoms with Crippen LogP contribution in [0.3, 0.4) is 0 Å². The molecular weight excluding hydrogens is 398 g/mol. The molecule has 7 heteroatoms. The van der Waals surface area contributed by atoms with E-state index >= 15 is 0 Å². The summed E-state index contributed by atoms with van der Waals surface area (Å²) in [6, 6.07) is 15.8. The Morgan fingerprint density at radius 3 is 2.73 bits per heavy atom. The lowest BCUT2D eigenvalue weighted by atomic mass is 10.1. The number of rotatable bonds is 7. The van der Waals surface area contributed by atoms with Gasteiger partial charge in [0.2, 0.25) is 5.91 Å². The molecule has 1 atom stereocenters. The molecule has 1 N–H and O–H groups in total. The van der Waals surface area contributed by atoms with Crippen LogP contribution in [0.15, 0.2) is 65.8 Å². The molecule has 1 amide bonds. The molecule has 0 radical (unpaired) electrons. The van der Waals surface area contributed by atoms with Gasteiger partial charge in [0.25, 0.3) is 0 Å². The Balaban J connectivity index is 1.28. The second kappa shape index (κ2) is 9.26. The molecule has 1 aliphatic rings. The summed E-state index contributed by atoms with van der Waals surface area (Å²) in [5.41, 5.74) is 1.66. The number of thioether (sulfide) groups is 1. The Morgan fingerprint density at radius 1 is 1.20 bits per heavy atom. The number of nitrogens with one attached hydrogen (secondary N) is 1. The highest BCUT2D eigenvalue weighted by atomic mass is 32.2. The molecule has 3 aromatic rings. The quantitative estimate of drug-likeness (QED) is 0.571. The van der Waals surface area contributed by atoms with E-state index in [-0.39, 0.29) is 12.0 Å². The normalized spacial score (nSPS) is 15.2. The van der Waals surface area contributed by atoms with Crippen molar-refractivity contribution < 1.29 is 14.3 Å². The van der Waals surface area contributed by atoms with Crippen LogP contribution in [0.4, 0.5) is 5.69 Å². The number of aromatic nitrogens is 2. The van der Waals surface area contributed by atoms with Gasteiger partial charge in [-0.05, 0) is 29.8 Å². The standard InChI is InChI=1S/C23H25N3O3S/c1-16(2)30-20-9-7-17(8-10-20)11-23(27)25-18-12-24-26(13-18)14-19-15-28-21-5-3-4-6-22(21)29-19/h3-10,12-13,16,19H,11,14-15H2,1-2H3,(H,25,27)/t19-/m1/s1. The topological polar surface area (TPSA) is 65.4 Å². The number of anilines is 1. The summed E-state index contributed by atoms with van der Waals surface area (Å²) >= 11 is 1.81. The molecule has 0 aliphatic carbocycles. The van der Waals surface area contributed by atoms with Crippen LogP contribution in [-0.2, 0) is 17.8 Å². The number of fused-ring (bicyclic) bond motifs is 1. The predicted octanol–water partition coefficient (Wildman–Crippen LogP) is 4.40. The van der Waals surface area contributed by atoms with Crippen LogP contribution < -0.4 is 14.8 Å². The largest absolute Gasteiger partial charge is 0.486 e. The fraction of sp³-hybridized carbons (Fsp3) is 0.304. The van der Waals surface area contributed by atoms with Crippen LogP contribution in [0.2, 0.25) is 0 Å². The summed E-state index contributed by atoms with van der Waals surface area (Å²) in [6.07, 6.45) is 3.65. The summed E-state index contributed by atoms with van der Waals surface area (Å²) in [4.78, 5) is 13.6. The van der Waals surface area contributed by atoms with Crippen molar-refractivity contribution >= 4 is 23.4 Å². The summed E-state index contributed by atoms with van der Waals surface area (Å²) in [7, 11) is 0. The Labute approximate surface area is 180 Å². The van der Waals surface area contributed by atoms with E-state index in [1.807, 2.05) is 54.4 Å². The zero-order chi connectivity index (χ0) is 20.9. The predicted molar refractivity (Wildman–Crippen MR) is 118 cm³/mol. The van der Waals surface area contributed by atoms with Crippen molar-refractivity contribution in [2.75, 3.05) is 11.9 Å². The molecule has 1 aromatic heterocycles. The highest BCUT2D eigenvalue weighted by molar-refractivity contribution is 7.99. The van der Waals surface area contributed by atoms with Crippen LogP contribution in [0, 0.1) is 0 Å². The van der Waals surface area contributed by atoms with Crippen LogP contribution in [0.25, 0.3) is 0 Å². The number of hydrogen-bond acceptors (Lipinski definition) is 5. The Bertz CT molecular complexity index is 1000. The van der Waals surface area contributed by atoms with Gasteiger partial charge >= 0.3 is 0 Å². The summed E-state index contributed by atoms with van der Waals surface area (Å²) in [5, 5.41) is 7.78. The van der Waals surface area contributed by atoms with E-state index in [1.54, 1.807) is 10.9 Å². The minimum atomic E-state index is -0.134. The molecule has 4 rings (SSSR count). The number of ether oxygens (including phenoxy) is 2. The molecule has 0 bridgehead atoms. The number of carbonyl (C=O) groups excluding carboxylic acids is 1. The lowest BCUT2D eigenvalue weighted by Crippen LogP contribution is -2.33. The van der Waals surface area contributed by atoms with Crippen molar-refractivity contribution in [3.63, 3.8) is 0 Å². The van der Waals surface area contributed by atoms with Gasteiger partial charge in [0.1, 0.15) is 6.61 Å². The molecule has 0 unspecified atom stereocenters. The average molecular weight is 424 g/mol. The Hall–Kier alpha value is -2.93. The third-order valence-electron chi connectivity index (χ3n) is 4.54. The number of carbonyl (C=O) groups is 1. The lowest BCUT2D eigenvalue weighted by molar-refractivity contribution is -0.115. The molecule has 0 fully saturated rings. The number of amides is 1. The fourth-order valence-corrected chi connectivity index (χ4v) is 4.08. The van der Waals surface area contributed by atoms with Crippen LogP contribution >= 0.6 is 11.8 Å². The fourth-order valence-electron chi connectivity index (χ4n) is 3.24. The van der Waals surface area contributed by atoms with E-state index in [2.05, 4.69) is 36.4 Å². The minimum absolute atomic E-state index is 0.0648. The third-order valence-corrected chi connectivity index (χ3v) is 5.55. The number of nitrogens with zero attached hydrogens (tertiary/aromatic N) is 2. The van der Waals surface area contributed by atoms with Crippen molar-refractivity contribution in [3.05, 3.63) is 66.5 Å². The molecule has 2 aromatic carbocycles. The van der Waals surface area contributed by atoms with E-state index in [4.69, 9.17) is 9.47 Å². The maximum Gasteiger partial charge on any atom is 0.228 e. The van der Waals surface area contributed by atoms with Gasteiger partial charge in [0, 0.05) is 16.3 Å². The van der Waals surface area contributed by atoms with E-state index in [0.29, 0.717) is 30.5 Å². The first-order valence-corrected chi connectivity index (χ1v) is 10.9. The van der Waals surface area contributed by atoms with Gasteiger partial charge in [-0.1, -0.05) is 38.1 Å². The third kappa shape index (κ3) is 5.36. The highest BCUT2D eigenvalue weighted by Gasteiger charge is 2.21. The smallest absolute Gasteiger partial charge is 0.228 e. The number of hydrogen-bond donors (Lipinski definition) is 1. The van der Waals surface area contributed by atoms with Crippen molar-refractivity contribution in [3.8, 4) is 11.5 Å². The summed E-state index contributed by atoms with van der Waals surface area (Å²) in [5.74, 6) is 1.44. The van der Waals surface area contributed by atoms with Gasteiger partial charge in [-0.3, -0.25) is 9.48 Å². The molecule has 0 saturated carbocycles. The zero-order valence-corrected chi connectivity index (χ0v) is 17.9. The van der Waals surface area contributed by atoms with Crippen LogP contribution in [-0.4, -0.2) is 33.6 Å². The van der Waals surface area contributed by atoms with Crippen molar-refractivity contribution in [2.24, 2.45) is 0 Å². The molecule has 1 aliphatic heterocycles. The van der Waals surface area contributed by atoms with Crippen molar-refractivity contribution in [2.45, 2.75) is 43.1 Å². The van der Waals surface area contributed by atoms with E-state index in [0.717, 1.165) is 17.1 Å². The summed E-state index contributed by atoms with van der Waals surface area (Å²) < 4.78 is 13.5. The van der Waals surface area contributed by atoms with Crippen molar-refractivity contribution in [1.82, 2.24) is 9.78 Å². The van der Waals surface area contributed by atoms with Gasteiger partial charge in [-0.25, -0.2) is 0 Å². The monoisotopic (exact) mass is 423 g/mol. The molecule has 0 spiro atoms. The van der Waals surface area contributed by atoms with Gasteiger partial charge in [0.15, 0.2) is 17.6 Å². The highest BCUT2D eigenvalue weighted by Crippen LogP contribution is 2.31. The zero-order valence-electron chi connectivity index (χ0n) is 17.1. The molecule has 2 heterocycles. The van der Waals surface area contributed by atoms with Crippen LogP contribution in [0.1, 0.15) is 19.4 Å². The van der Waals surface area contributed by atoms with Gasteiger partial charge in [0.05, 0.1) is 24.8 Å².